The van der Waals surface area contributed by atoms with Crippen LogP contribution in [0.15, 0.2) is 0 Å². The van der Waals surface area contributed by atoms with Crippen LogP contribution in [0, 0.1) is 18.8 Å². The van der Waals surface area contributed by atoms with Gasteiger partial charge in [-0.05, 0) is 31.6 Å². The van der Waals surface area contributed by atoms with E-state index in [4.69, 9.17) is 0 Å². The standard InChI is InChI=1S/C10H20.CH/c1-10(2,3)9-7-5-4-6-8-9;/h9H,4-8H2,1-3H3;1H. The summed E-state index contributed by atoms with van der Waals surface area (Å²) in [6.07, 6.45) is 7.38. The Bertz CT molecular complexity index is 91.1. The van der Waals surface area contributed by atoms with E-state index < -0.39 is 0 Å². The van der Waals surface area contributed by atoms with Gasteiger partial charge in [0.25, 0.3) is 0 Å². The Labute approximate surface area is 72.4 Å². The van der Waals surface area contributed by atoms with Crippen LogP contribution in [-0.4, -0.2) is 0 Å². The SMILES string of the molecule is CC(C)(C)C1CCCCC1.[CH]. The van der Waals surface area contributed by atoms with E-state index in [-0.39, 0.29) is 7.43 Å². The van der Waals surface area contributed by atoms with Gasteiger partial charge in [0.2, 0.25) is 0 Å². The molecule has 0 N–H and O–H groups in total. The van der Waals surface area contributed by atoms with Crippen LogP contribution in [0.5, 0.6) is 0 Å². The van der Waals surface area contributed by atoms with Crippen LogP contribution >= 0.6 is 0 Å². The maximum Gasteiger partial charge on any atom is -0.0312 e. The van der Waals surface area contributed by atoms with Crippen molar-refractivity contribution in [3.8, 4) is 0 Å². The molecule has 0 unspecified atom stereocenters. The van der Waals surface area contributed by atoms with E-state index in [9.17, 15) is 0 Å². The third-order valence-corrected chi connectivity index (χ3v) is 2.83. The van der Waals surface area contributed by atoms with Gasteiger partial charge in [0.05, 0.1) is 0 Å². The van der Waals surface area contributed by atoms with Crippen molar-refractivity contribution in [1.29, 1.82) is 0 Å². The first-order valence-electron chi connectivity index (χ1n) is 4.61. The zero-order valence-corrected chi connectivity index (χ0v) is 8.19. The van der Waals surface area contributed by atoms with E-state index in [2.05, 4.69) is 20.8 Å². The quantitative estimate of drug-likeness (QED) is 0.496. The predicted molar refractivity (Wildman–Crippen MR) is 50.3 cm³/mol. The number of hydrogen-bond donors (Lipinski definition) is 0. The summed E-state index contributed by atoms with van der Waals surface area (Å²) >= 11 is 0. The molecular weight excluding hydrogens is 132 g/mol. The molecule has 0 saturated heterocycles. The van der Waals surface area contributed by atoms with Gasteiger partial charge in [-0.15, -0.1) is 0 Å². The van der Waals surface area contributed by atoms with Gasteiger partial charge in [-0.3, -0.25) is 0 Å². The smallest absolute Gasteiger partial charge is 0.0312 e. The van der Waals surface area contributed by atoms with Crippen molar-refractivity contribution in [3.63, 3.8) is 0 Å². The predicted octanol–water partition coefficient (Wildman–Crippen LogP) is 3.82. The van der Waals surface area contributed by atoms with Gasteiger partial charge in [-0.25, -0.2) is 0 Å². The molecule has 0 nitrogen and oxygen atoms in total. The Morgan fingerprint density at radius 2 is 1.36 bits per heavy atom. The Balaban J connectivity index is 0.000001000. The number of rotatable bonds is 0. The first kappa shape index (κ1) is 11.0. The second kappa shape index (κ2) is 4.13. The second-order valence-electron chi connectivity index (χ2n) is 4.70. The monoisotopic (exact) mass is 153 g/mol. The minimum Gasteiger partial charge on any atom is -0.0599 e. The van der Waals surface area contributed by atoms with Gasteiger partial charge in [0.1, 0.15) is 0 Å². The lowest BCUT2D eigenvalue weighted by Crippen LogP contribution is -2.22. The molecule has 0 aromatic carbocycles. The van der Waals surface area contributed by atoms with E-state index in [0.717, 1.165) is 5.92 Å². The zero-order chi connectivity index (χ0) is 7.61. The summed E-state index contributed by atoms with van der Waals surface area (Å²) in [5, 5.41) is 0. The molecule has 1 fully saturated rings. The fourth-order valence-corrected chi connectivity index (χ4v) is 1.97. The summed E-state index contributed by atoms with van der Waals surface area (Å²) in [5.41, 5.74) is 0.570. The molecule has 0 aliphatic heterocycles. The molecule has 1 aliphatic rings. The van der Waals surface area contributed by atoms with Crippen molar-refractivity contribution < 1.29 is 0 Å². The Morgan fingerprint density at radius 1 is 0.909 bits per heavy atom. The number of hydrogen-bond acceptors (Lipinski definition) is 0. The average molecular weight is 153 g/mol. The van der Waals surface area contributed by atoms with Gasteiger partial charge in [-0.2, -0.15) is 0 Å². The first-order chi connectivity index (χ1) is 4.61. The lowest BCUT2D eigenvalue weighted by atomic mass is 9.72. The summed E-state index contributed by atoms with van der Waals surface area (Å²) in [7, 11) is 0. The molecule has 1 aliphatic carbocycles. The Kier molecular flexibility index (Phi) is 4.13. The highest BCUT2D eigenvalue weighted by molar-refractivity contribution is 4.76. The summed E-state index contributed by atoms with van der Waals surface area (Å²) in [6.45, 7) is 7.13. The van der Waals surface area contributed by atoms with E-state index in [1.165, 1.54) is 32.1 Å². The highest BCUT2D eigenvalue weighted by Crippen LogP contribution is 2.37. The minimum absolute atomic E-state index is 0. The molecular formula is C11H21. The summed E-state index contributed by atoms with van der Waals surface area (Å²) in [5.74, 6) is 1.00. The highest BCUT2D eigenvalue weighted by Gasteiger charge is 2.25. The van der Waals surface area contributed by atoms with Gasteiger partial charge in [-0.1, -0.05) is 40.0 Å². The van der Waals surface area contributed by atoms with Crippen LogP contribution in [0.2, 0.25) is 0 Å². The minimum atomic E-state index is 0. The molecule has 0 heterocycles. The highest BCUT2D eigenvalue weighted by atomic mass is 14.3. The van der Waals surface area contributed by atoms with Gasteiger partial charge in [0.15, 0.2) is 0 Å². The van der Waals surface area contributed by atoms with E-state index >= 15 is 0 Å². The van der Waals surface area contributed by atoms with Gasteiger partial charge in [0, 0.05) is 0 Å². The van der Waals surface area contributed by atoms with E-state index in [1.807, 2.05) is 0 Å². The van der Waals surface area contributed by atoms with Crippen molar-refractivity contribution in [2.45, 2.75) is 52.9 Å². The van der Waals surface area contributed by atoms with E-state index in [0.29, 0.717) is 5.41 Å². The molecule has 0 aromatic heterocycles. The van der Waals surface area contributed by atoms with Crippen LogP contribution in [-0.2, 0) is 0 Å². The normalized spacial score (nSPS) is 21.0. The molecule has 1 saturated carbocycles. The van der Waals surface area contributed by atoms with Crippen LogP contribution < -0.4 is 0 Å². The molecule has 3 radical (unpaired) electrons. The van der Waals surface area contributed by atoms with Crippen molar-refractivity contribution >= 4 is 0 Å². The topological polar surface area (TPSA) is 0 Å². The van der Waals surface area contributed by atoms with Crippen LogP contribution in [0.1, 0.15) is 52.9 Å². The molecule has 0 atom stereocenters. The lowest BCUT2D eigenvalue weighted by molar-refractivity contribution is 0.180. The molecule has 0 aromatic rings. The molecule has 1 rings (SSSR count). The maximum atomic E-state index is 2.38. The molecule has 11 heavy (non-hydrogen) atoms. The first-order valence-corrected chi connectivity index (χ1v) is 4.61. The maximum absolute atomic E-state index is 2.38. The average Bonchev–Trinajstić information content (AvgIpc) is 1.88. The third kappa shape index (κ3) is 3.27. The fourth-order valence-electron chi connectivity index (χ4n) is 1.97. The van der Waals surface area contributed by atoms with E-state index in [1.54, 1.807) is 0 Å². The third-order valence-electron chi connectivity index (χ3n) is 2.83. The van der Waals surface area contributed by atoms with Crippen molar-refractivity contribution in [3.05, 3.63) is 7.43 Å². The summed E-state index contributed by atoms with van der Waals surface area (Å²) in [4.78, 5) is 0. The molecule has 0 amide bonds. The largest absolute Gasteiger partial charge is 0.0599 e. The van der Waals surface area contributed by atoms with Gasteiger partial charge < -0.3 is 0 Å². The second-order valence-corrected chi connectivity index (χ2v) is 4.70. The Hall–Kier alpha value is 0. The summed E-state index contributed by atoms with van der Waals surface area (Å²) < 4.78 is 0. The zero-order valence-electron chi connectivity index (χ0n) is 8.19. The lowest BCUT2D eigenvalue weighted by Gasteiger charge is -2.33. The van der Waals surface area contributed by atoms with Crippen LogP contribution in [0.25, 0.3) is 0 Å². The van der Waals surface area contributed by atoms with Gasteiger partial charge >= 0.3 is 0 Å². The van der Waals surface area contributed by atoms with Crippen LogP contribution in [0.3, 0.4) is 0 Å². The Morgan fingerprint density at radius 3 is 1.64 bits per heavy atom. The molecule has 0 heteroatoms. The molecule has 0 spiro atoms. The van der Waals surface area contributed by atoms with Crippen molar-refractivity contribution in [2.24, 2.45) is 11.3 Å². The molecule has 65 valence electrons. The summed E-state index contributed by atoms with van der Waals surface area (Å²) in [6, 6.07) is 0. The van der Waals surface area contributed by atoms with Crippen LogP contribution in [0.4, 0.5) is 0 Å². The fraction of sp³-hybridized carbons (Fsp3) is 0.909. The van der Waals surface area contributed by atoms with Crippen molar-refractivity contribution in [1.82, 2.24) is 0 Å². The molecule has 0 bridgehead atoms. The van der Waals surface area contributed by atoms with Crippen molar-refractivity contribution in [2.75, 3.05) is 0 Å².